The smallest absolute Gasteiger partial charge is 0.262 e. The molecule has 0 aliphatic rings. The Bertz CT molecular complexity index is 937. The molecule has 2 aromatic carbocycles. The van der Waals surface area contributed by atoms with Gasteiger partial charge in [-0.15, -0.1) is 10.2 Å². The van der Waals surface area contributed by atoms with Crippen LogP contribution in [0.25, 0.3) is 11.5 Å². The number of benzene rings is 2. The van der Waals surface area contributed by atoms with Crippen LogP contribution < -0.4 is 19.5 Å². The van der Waals surface area contributed by atoms with E-state index in [0.29, 0.717) is 41.1 Å². The van der Waals surface area contributed by atoms with Crippen LogP contribution in [0.3, 0.4) is 0 Å². The third kappa shape index (κ3) is 4.59. The fourth-order valence-electron chi connectivity index (χ4n) is 2.44. The van der Waals surface area contributed by atoms with E-state index in [1.54, 1.807) is 49.6 Å². The number of carbonyl (C=O) groups excluding carboxylic acids is 1. The molecule has 0 atom stereocenters. The number of aryl methyl sites for hydroxylation is 1. The first-order valence-corrected chi connectivity index (χ1v) is 8.70. The first-order valence-electron chi connectivity index (χ1n) is 8.70. The molecule has 3 rings (SSSR count). The van der Waals surface area contributed by atoms with E-state index in [9.17, 15) is 4.79 Å². The average molecular weight is 383 g/mol. The maximum Gasteiger partial charge on any atom is 0.262 e. The number of hydrogen-bond acceptors (Lipinski definition) is 7. The Hall–Kier alpha value is -3.55. The van der Waals surface area contributed by atoms with Gasteiger partial charge in [0.15, 0.2) is 6.61 Å². The van der Waals surface area contributed by atoms with E-state index in [4.69, 9.17) is 18.6 Å². The summed E-state index contributed by atoms with van der Waals surface area (Å²) in [7, 11) is 3.09. The average Bonchev–Trinajstić information content (AvgIpc) is 3.22. The summed E-state index contributed by atoms with van der Waals surface area (Å²) in [6.07, 6.45) is 0.683. The molecule has 0 unspecified atom stereocenters. The minimum atomic E-state index is -0.308. The molecular weight excluding hydrogens is 362 g/mol. The van der Waals surface area contributed by atoms with Gasteiger partial charge in [0, 0.05) is 18.1 Å². The van der Waals surface area contributed by atoms with Crippen molar-refractivity contribution in [3.05, 3.63) is 48.4 Å². The van der Waals surface area contributed by atoms with Crippen molar-refractivity contribution in [1.29, 1.82) is 0 Å². The molecule has 0 fully saturated rings. The lowest BCUT2D eigenvalue weighted by atomic mass is 10.2. The normalized spacial score (nSPS) is 10.4. The van der Waals surface area contributed by atoms with Crippen LogP contribution in [0.4, 0.5) is 5.69 Å². The molecular formula is C20H21N3O5. The van der Waals surface area contributed by atoms with Crippen LogP contribution in [0.2, 0.25) is 0 Å². The third-order valence-electron chi connectivity index (χ3n) is 3.92. The van der Waals surface area contributed by atoms with E-state index in [2.05, 4.69) is 15.5 Å². The zero-order valence-electron chi connectivity index (χ0n) is 15.9. The van der Waals surface area contributed by atoms with Crippen LogP contribution in [0.5, 0.6) is 17.2 Å². The van der Waals surface area contributed by atoms with Gasteiger partial charge in [-0.3, -0.25) is 4.79 Å². The standard InChI is InChI=1S/C20H21N3O5/c1-4-19-22-23-20(28-19)13-5-7-14(8-6-13)27-12-18(24)21-16-10-9-15(25-2)11-17(16)26-3/h5-11H,4,12H2,1-3H3,(H,21,24). The number of rotatable bonds is 8. The second-order valence-corrected chi connectivity index (χ2v) is 5.78. The maximum absolute atomic E-state index is 12.2. The summed E-state index contributed by atoms with van der Waals surface area (Å²) >= 11 is 0. The first-order chi connectivity index (χ1) is 13.6. The van der Waals surface area contributed by atoms with Crippen LogP contribution in [-0.4, -0.2) is 36.9 Å². The summed E-state index contributed by atoms with van der Waals surface area (Å²) in [5.41, 5.74) is 1.32. The molecule has 8 heteroatoms. The topological polar surface area (TPSA) is 95.7 Å². The summed E-state index contributed by atoms with van der Waals surface area (Å²) < 4.78 is 21.4. The van der Waals surface area contributed by atoms with Crippen LogP contribution in [-0.2, 0) is 11.2 Å². The molecule has 0 bridgehead atoms. The zero-order chi connectivity index (χ0) is 19.9. The van der Waals surface area contributed by atoms with Gasteiger partial charge < -0.3 is 23.9 Å². The largest absolute Gasteiger partial charge is 0.497 e. The van der Waals surface area contributed by atoms with Crippen LogP contribution in [0, 0.1) is 0 Å². The van der Waals surface area contributed by atoms with Gasteiger partial charge in [0.05, 0.1) is 19.9 Å². The molecule has 0 saturated carbocycles. The molecule has 0 aliphatic heterocycles. The Morgan fingerprint density at radius 2 is 1.79 bits per heavy atom. The lowest BCUT2D eigenvalue weighted by molar-refractivity contribution is -0.118. The molecule has 28 heavy (non-hydrogen) atoms. The molecule has 1 heterocycles. The van der Waals surface area contributed by atoms with Gasteiger partial charge in [0.2, 0.25) is 11.8 Å². The molecule has 1 aromatic heterocycles. The SMILES string of the molecule is CCc1nnc(-c2ccc(OCC(=O)Nc3ccc(OC)cc3OC)cc2)o1. The second kappa shape index (κ2) is 8.90. The van der Waals surface area contributed by atoms with Crippen molar-refractivity contribution < 1.29 is 23.4 Å². The van der Waals surface area contributed by atoms with Crippen molar-refractivity contribution in [3.63, 3.8) is 0 Å². The van der Waals surface area contributed by atoms with Crippen molar-refractivity contribution in [1.82, 2.24) is 10.2 Å². The molecule has 8 nitrogen and oxygen atoms in total. The van der Waals surface area contributed by atoms with Gasteiger partial charge in [0.25, 0.3) is 5.91 Å². The monoisotopic (exact) mass is 383 g/mol. The fraction of sp³-hybridized carbons (Fsp3) is 0.250. The van der Waals surface area contributed by atoms with Gasteiger partial charge >= 0.3 is 0 Å². The van der Waals surface area contributed by atoms with Crippen molar-refractivity contribution in [2.75, 3.05) is 26.1 Å². The number of nitrogens with zero attached hydrogens (tertiary/aromatic N) is 2. The van der Waals surface area contributed by atoms with Crippen LogP contribution >= 0.6 is 0 Å². The molecule has 0 radical (unpaired) electrons. The third-order valence-corrected chi connectivity index (χ3v) is 3.92. The quantitative estimate of drug-likeness (QED) is 0.637. The summed E-state index contributed by atoms with van der Waals surface area (Å²) in [6, 6.07) is 12.2. The molecule has 1 N–H and O–H groups in total. The maximum atomic E-state index is 12.2. The van der Waals surface area contributed by atoms with E-state index in [1.165, 1.54) is 7.11 Å². The summed E-state index contributed by atoms with van der Waals surface area (Å²) in [4.78, 5) is 12.2. The Balaban J connectivity index is 1.57. The van der Waals surface area contributed by atoms with Crippen LogP contribution in [0.1, 0.15) is 12.8 Å². The van der Waals surface area contributed by atoms with E-state index >= 15 is 0 Å². The summed E-state index contributed by atoms with van der Waals surface area (Å²) in [6.45, 7) is 1.80. The Labute approximate surface area is 162 Å². The lowest BCUT2D eigenvalue weighted by Gasteiger charge is -2.12. The van der Waals surface area contributed by atoms with E-state index in [-0.39, 0.29) is 12.5 Å². The number of anilines is 1. The van der Waals surface area contributed by atoms with Crippen molar-refractivity contribution in [2.24, 2.45) is 0 Å². The highest BCUT2D eigenvalue weighted by Crippen LogP contribution is 2.29. The minimum absolute atomic E-state index is 0.144. The predicted octanol–water partition coefficient (Wildman–Crippen LogP) is 3.33. The molecule has 0 spiro atoms. The second-order valence-electron chi connectivity index (χ2n) is 5.78. The summed E-state index contributed by atoms with van der Waals surface area (Å²) in [5, 5.41) is 10.7. The van der Waals surface area contributed by atoms with Crippen molar-refractivity contribution in [2.45, 2.75) is 13.3 Å². The number of amides is 1. The Kier molecular flexibility index (Phi) is 6.11. The lowest BCUT2D eigenvalue weighted by Crippen LogP contribution is -2.20. The van der Waals surface area contributed by atoms with E-state index in [0.717, 1.165) is 5.56 Å². The van der Waals surface area contributed by atoms with Crippen molar-refractivity contribution in [3.8, 4) is 28.7 Å². The molecule has 0 aliphatic carbocycles. The number of carbonyl (C=O) groups is 1. The molecule has 146 valence electrons. The number of ether oxygens (including phenoxy) is 3. The van der Waals surface area contributed by atoms with Crippen LogP contribution in [0.15, 0.2) is 46.9 Å². The van der Waals surface area contributed by atoms with Gasteiger partial charge in [-0.25, -0.2) is 0 Å². The highest BCUT2D eigenvalue weighted by Gasteiger charge is 2.11. The fourth-order valence-corrected chi connectivity index (χ4v) is 2.44. The van der Waals surface area contributed by atoms with Gasteiger partial charge in [0.1, 0.15) is 17.2 Å². The summed E-state index contributed by atoms with van der Waals surface area (Å²) in [5.74, 6) is 2.42. The van der Waals surface area contributed by atoms with Gasteiger partial charge in [-0.2, -0.15) is 0 Å². The zero-order valence-corrected chi connectivity index (χ0v) is 15.9. The molecule has 1 amide bonds. The van der Waals surface area contributed by atoms with Crippen molar-refractivity contribution >= 4 is 11.6 Å². The highest BCUT2D eigenvalue weighted by molar-refractivity contribution is 5.93. The number of hydrogen-bond donors (Lipinski definition) is 1. The predicted molar refractivity (Wildman–Crippen MR) is 103 cm³/mol. The molecule has 0 saturated heterocycles. The van der Waals surface area contributed by atoms with E-state index in [1.807, 2.05) is 6.92 Å². The number of aromatic nitrogens is 2. The first kappa shape index (κ1) is 19.2. The minimum Gasteiger partial charge on any atom is -0.497 e. The number of methoxy groups -OCH3 is 2. The highest BCUT2D eigenvalue weighted by atomic mass is 16.5. The van der Waals surface area contributed by atoms with E-state index < -0.39 is 0 Å². The van der Waals surface area contributed by atoms with Gasteiger partial charge in [-0.05, 0) is 36.4 Å². The number of nitrogens with one attached hydrogen (secondary N) is 1. The Morgan fingerprint density at radius 1 is 1.04 bits per heavy atom. The van der Waals surface area contributed by atoms with Gasteiger partial charge in [-0.1, -0.05) is 6.92 Å². The molecule has 3 aromatic rings. The Morgan fingerprint density at radius 3 is 2.43 bits per heavy atom.